The number of hydrogen-bond acceptors (Lipinski definition) is 4. The Labute approximate surface area is 125 Å². The van der Waals surface area contributed by atoms with Gasteiger partial charge >= 0.3 is 0 Å². The standard InChI is InChI=1S/C15H13NO2S2/c1-16-15(18)12-7-3-5-9-14(12)20-19-13-8-4-2-6-11(13)10-17/h2-10H,1H3,(H,16,18). The smallest absolute Gasteiger partial charge is 0.252 e. The van der Waals surface area contributed by atoms with Crippen LogP contribution >= 0.6 is 21.6 Å². The highest BCUT2D eigenvalue weighted by molar-refractivity contribution is 8.76. The van der Waals surface area contributed by atoms with Crippen molar-refractivity contribution >= 4 is 33.8 Å². The lowest BCUT2D eigenvalue weighted by Gasteiger charge is -2.08. The van der Waals surface area contributed by atoms with Crippen molar-refractivity contribution in [3.63, 3.8) is 0 Å². The first-order valence-corrected chi connectivity index (χ1v) is 8.11. The fourth-order valence-corrected chi connectivity index (χ4v) is 3.95. The van der Waals surface area contributed by atoms with Crippen LogP contribution in [0, 0.1) is 0 Å². The third-order valence-electron chi connectivity index (χ3n) is 2.63. The van der Waals surface area contributed by atoms with Crippen LogP contribution in [-0.4, -0.2) is 19.2 Å². The molecule has 0 radical (unpaired) electrons. The molecular formula is C15H13NO2S2. The highest BCUT2D eigenvalue weighted by atomic mass is 33.1. The Kier molecular flexibility index (Phi) is 5.26. The Morgan fingerprint density at radius 3 is 2.30 bits per heavy atom. The van der Waals surface area contributed by atoms with Crippen LogP contribution in [0.25, 0.3) is 0 Å². The summed E-state index contributed by atoms with van der Waals surface area (Å²) in [6.07, 6.45) is 0.841. The third kappa shape index (κ3) is 3.43. The second-order valence-corrected chi connectivity index (χ2v) is 6.11. The molecule has 0 spiro atoms. The summed E-state index contributed by atoms with van der Waals surface area (Å²) in [5.41, 5.74) is 1.29. The number of carbonyl (C=O) groups excluding carboxylic acids is 2. The second kappa shape index (κ2) is 7.17. The van der Waals surface area contributed by atoms with Gasteiger partial charge in [0.2, 0.25) is 0 Å². The van der Waals surface area contributed by atoms with Crippen molar-refractivity contribution in [2.75, 3.05) is 7.05 Å². The minimum absolute atomic E-state index is 0.114. The molecule has 0 aliphatic carbocycles. The molecule has 0 aliphatic heterocycles. The Morgan fingerprint density at radius 1 is 1.00 bits per heavy atom. The molecule has 102 valence electrons. The van der Waals surface area contributed by atoms with Crippen LogP contribution in [0.2, 0.25) is 0 Å². The summed E-state index contributed by atoms with van der Waals surface area (Å²) in [6.45, 7) is 0. The van der Waals surface area contributed by atoms with E-state index in [0.717, 1.165) is 16.1 Å². The monoisotopic (exact) mass is 303 g/mol. The van der Waals surface area contributed by atoms with E-state index in [-0.39, 0.29) is 5.91 Å². The molecule has 0 saturated carbocycles. The van der Waals surface area contributed by atoms with Gasteiger partial charge in [-0.1, -0.05) is 51.9 Å². The predicted molar refractivity (Wildman–Crippen MR) is 83.4 cm³/mol. The molecule has 2 aromatic rings. The average Bonchev–Trinajstić information content (AvgIpc) is 2.52. The molecule has 0 aliphatic rings. The van der Waals surface area contributed by atoms with Crippen molar-refractivity contribution in [1.82, 2.24) is 5.32 Å². The highest BCUT2D eigenvalue weighted by Gasteiger charge is 2.11. The van der Waals surface area contributed by atoms with E-state index in [4.69, 9.17) is 0 Å². The van der Waals surface area contributed by atoms with Crippen LogP contribution in [-0.2, 0) is 0 Å². The molecule has 0 fully saturated rings. The average molecular weight is 303 g/mol. The van der Waals surface area contributed by atoms with Gasteiger partial charge in [-0.2, -0.15) is 0 Å². The van der Waals surface area contributed by atoms with E-state index >= 15 is 0 Å². The number of nitrogens with one attached hydrogen (secondary N) is 1. The summed E-state index contributed by atoms with van der Waals surface area (Å²) < 4.78 is 0. The van der Waals surface area contributed by atoms with Crippen LogP contribution in [0.5, 0.6) is 0 Å². The zero-order valence-electron chi connectivity index (χ0n) is 10.8. The van der Waals surface area contributed by atoms with E-state index in [1.807, 2.05) is 36.4 Å². The summed E-state index contributed by atoms with van der Waals surface area (Å²) in [6, 6.07) is 14.8. The molecule has 0 bridgehead atoms. The van der Waals surface area contributed by atoms with Crippen LogP contribution in [0.4, 0.5) is 0 Å². The Hall–Kier alpha value is -1.72. The van der Waals surface area contributed by atoms with Crippen LogP contribution in [0.3, 0.4) is 0 Å². The molecule has 0 saturated heterocycles. The van der Waals surface area contributed by atoms with Crippen LogP contribution in [0.1, 0.15) is 20.7 Å². The zero-order valence-corrected chi connectivity index (χ0v) is 12.5. The van der Waals surface area contributed by atoms with Crippen molar-refractivity contribution in [2.24, 2.45) is 0 Å². The third-order valence-corrected chi connectivity index (χ3v) is 5.12. The van der Waals surface area contributed by atoms with Gasteiger partial charge in [-0.3, -0.25) is 9.59 Å². The molecule has 0 heterocycles. The second-order valence-electron chi connectivity index (χ2n) is 3.90. The maximum Gasteiger partial charge on any atom is 0.252 e. The molecule has 20 heavy (non-hydrogen) atoms. The molecule has 3 nitrogen and oxygen atoms in total. The van der Waals surface area contributed by atoms with Gasteiger partial charge in [0.15, 0.2) is 6.29 Å². The molecule has 0 aromatic heterocycles. The van der Waals surface area contributed by atoms with E-state index in [2.05, 4.69) is 5.32 Å². The fourth-order valence-electron chi connectivity index (χ4n) is 1.61. The first-order valence-electron chi connectivity index (χ1n) is 5.96. The van der Waals surface area contributed by atoms with Crippen molar-refractivity contribution in [3.05, 3.63) is 59.7 Å². The van der Waals surface area contributed by atoms with Crippen LogP contribution in [0.15, 0.2) is 58.3 Å². The van der Waals surface area contributed by atoms with E-state index in [1.165, 1.54) is 21.6 Å². The van der Waals surface area contributed by atoms with Gasteiger partial charge in [0.25, 0.3) is 5.91 Å². The molecule has 1 amide bonds. The largest absolute Gasteiger partial charge is 0.355 e. The summed E-state index contributed by atoms with van der Waals surface area (Å²) in [5, 5.41) is 2.62. The Morgan fingerprint density at radius 2 is 1.60 bits per heavy atom. The fraction of sp³-hybridized carbons (Fsp3) is 0.0667. The molecule has 5 heteroatoms. The predicted octanol–water partition coefficient (Wildman–Crippen LogP) is 3.66. The quantitative estimate of drug-likeness (QED) is 0.676. The van der Waals surface area contributed by atoms with Gasteiger partial charge in [0, 0.05) is 22.4 Å². The lowest BCUT2D eigenvalue weighted by Crippen LogP contribution is -2.18. The minimum atomic E-state index is -0.114. The topological polar surface area (TPSA) is 46.2 Å². The maximum atomic E-state index is 11.8. The van der Waals surface area contributed by atoms with Crippen LogP contribution < -0.4 is 5.32 Å². The van der Waals surface area contributed by atoms with Gasteiger partial charge in [-0.05, 0) is 18.2 Å². The number of rotatable bonds is 5. The van der Waals surface area contributed by atoms with E-state index < -0.39 is 0 Å². The van der Waals surface area contributed by atoms with E-state index in [1.54, 1.807) is 19.2 Å². The molecular weight excluding hydrogens is 290 g/mol. The molecule has 2 aromatic carbocycles. The lowest BCUT2D eigenvalue weighted by molar-refractivity contribution is 0.0960. The first-order chi connectivity index (χ1) is 9.76. The number of aldehydes is 1. The SMILES string of the molecule is CNC(=O)c1ccccc1SSc1ccccc1C=O. The van der Waals surface area contributed by atoms with Crippen molar-refractivity contribution in [3.8, 4) is 0 Å². The van der Waals surface area contributed by atoms with Gasteiger partial charge in [-0.15, -0.1) is 0 Å². The number of hydrogen-bond donors (Lipinski definition) is 1. The lowest BCUT2D eigenvalue weighted by atomic mass is 10.2. The van der Waals surface area contributed by atoms with Crippen molar-refractivity contribution < 1.29 is 9.59 Å². The number of amides is 1. The Balaban J connectivity index is 2.19. The minimum Gasteiger partial charge on any atom is -0.355 e. The zero-order chi connectivity index (χ0) is 14.4. The van der Waals surface area contributed by atoms with Gasteiger partial charge in [-0.25, -0.2) is 0 Å². The number of carbonyl (C=O) groups is 2. The normalized spacial score (nSPS) is 10.1. The molecule has 0 unspecified atom stereocenters. The summed E-state index contributed by atoms with van der Waals surface area (Å²) in [4.78, 5) is 24.5. The highest BCUT2D eigenvalue weighted by Crippen LogP contribution is 2.39. The van der Waals surface area contributed by atoms with Gasteiger partial charge in [0.1, 0.15) is 0 Å². The molecule has 2 rings (SSSR count). The van der Waals surface area contributed by atoms with E-state index in [9.17, 15) is 9.59 Å². The first kappa shape index (κ1) is 14.7. The maximum absolute atomic E-state index is 11.8. The Bertz CT molecular complexity index is 629. The van der Waals surface area contributed by atoms with Gasteiger partial charge < -0.3 is 5.32 Å². The molecule has 0 atom stereocenters. The van der Waals surface area contributed by atoms with Crippen molar-refractivity contribution in [1.29, 1.82) is 0 Å². The summed E-state index contributed by atoms with van der Waals surface area (Å²) in [5.74, 6) is -0.114. The summed E-state index contributed by atoms with van der Waals surface area (Å²) >= 11 is 0. The number of benzene rings is 2. The molecule has 1 N–H and O–H groups in total. The van der Waals surface area contributed by atoms with Gasteiger partial charge in [0.05, 0.1) is 5.56 Å². The van der Waals surface area contributed by atoms with Crippen molar-refractivity contribution in [2.45, 2.75) is 9.79 Å². The summed E-state index contributed by atoms with van der Waals surface area (Å²) in [7, 11) is 4.55. The van der Waals surface area contributed by atoms with E-state index in [0.29, 0.717) is 11.1 Å².